The van der Waals surface area contributed by atoms with E-state index in [1.807, 2.05) is 0 Å². The summed E-state index contributed by atoms with van der Waals surface area (Å²) in [6.07, 6.45) is 5.84. The Kier molecular flexibility index (Phi) is 5.49. The predicted octanol–water partition coefficient (Wildman–Crippen LogP) is 2.11. The van der Waals surface area contributed by atoms with Crippen LogP contribution in [-0.4, -0.2) is 37.6 Å². The highest BCUT2D eigenvalue weighted by atomic mass is 15.1. The molecule has 0 aromatic rings. The van der Waals surface area contributed by atoms with Crippen LogP contribution in [-0.2, 0) is 0 Å². The van der Waals surface area contributed by atoms with Gasteiger partial charge in [0.1, 0.15) is 0 Å². The van der Waals surface area contributed by atoms with Crippen LogP contribution >= 0.6 is 0 Å². The first kappa shape index (κ1) is 12.0. The first-order chi connectivity index (χ1) is 6.72. The molecule has 1 unspecified atom stereocenters. The molecule has 1 N–H and O–H groups in total. The van der Waals surface area contributed by atoms with Gasteiger partial charge >= 0.3 is 0 Å². The summed E-state index contributed by atoms with van der Waals surface area (Å²) in [7, 11) is 2.26. The van der Waals surface area contributed by atoms with E-state index in [1.165, 1.54) is 38.8 Å². The minimum atomic E-state index is 0.631. The van der Waals surface area contributed by atoms with Crippen molar-refractivity contribution in [2.75, 3.05) is 26.7 Å². The SMILES string of the molecule is CCNC(C)CN(C)CC1CCCC1. The standard InChI is InChI=1S/C12H26N2/c1-4-13-11(2)9-14(3)10-12-7-5-6-8-12/h11-13H,4-10H2,1-3H3. The number of hydrogen-bond acceptors (Lipinski definition) is 2. The Hall–Kier alpha value is -0.0800. The third-order valence-corrected chi connectivity index (χ3v) is 3.18. The normalized spacial score (nSPS) is 20.6. The molecule has 1 aliphatic rings. The fourth-order valence-corrected chi connectivity index (χ4v) is 2.59. The molecule has 1 atom stereocenters. The van der Waals surface area contributed by atoms with E-state index in [0.717, 1.165) is 12.5 Å². The Morgan fingerprint density at radius 2 is 2.00 bits per heavy atom. The maximum Gasteiger partial charge on any atom is 0.0166 e. The second-order valence-electron chi connectivity index (χ2n) is 4.83. The van der Waals surface area contributed by atoms with Crippen molar-refractivity contribution in [2.24, 2.45) is 5.92 Å². The molecular weight excluding hydrogens is 172 g/mol. The molecule has 0 radical (unpaired) electrons. The molecule has 0 saturated heterocycles. The van der Waals surface area contributed by atoms with Crippen molar-refractivity contribution in [1.82, 2.24) is 10.2 Å². The van der Waals surface area contributed by atoms with Crippen LogP contribution in [0.2, 0.25) is 0 Å². The molecule has 0 heterocycles. The van der Waals surface area contributed by atoms with Gasteiger partial charge in [-0.3, -0.25) is 0 Å². The van der Waals surface area contributed by atoms with Crippen molar-refractivity contribution in [3.63, 3.8) is 0 Å². The molecule has 0 spiro atoms. The molecule has 0 aromatic carbocycles. The third-order valence-electron chi connectivity index (χ3n) is 3.18. The van der Waals surface area contributed by atoms with Gasteiger partial charge in [-0.15, -0.1) is 0 Å². The maximum absolute atomic E-state index is 3.46. The maximum atomic E-state index is 3.46. The molecule has 0 amide bonds. The molecule has 1 fully saturated rings. The van der Waals surface area contributed by atoms with E-state index >= 15 is 0 Å². The van der Waals surface area contributed by atoms with Crippen LogP contribution in [0.4, 0.5) is 0 Å². The van der Waals surface area contributed by atoms with Crippen molar-refractivity contribution < 1.29 is 0 Å². The Bertz CT molecular complexity index is 141. The van der Waals surface area contributed by atoms with Gasteiger partial charge in [-0.1, -0.05) is 19.8 Å². The van der Waals surface area contributed by atoms with Gasteiger partial charge in [-0.25, -0.2) is 0 Å². The number of rotatable bonds is 6. The van der Waals surface area contributed by atoms with E-state index < -0.39 is 0 Å². The molecule has 14 heavy (non-hydrogen) atoms. The fourth-order valence-electron chi connectivity index (χ4n) is 2.59. The second kappa shape index (κ2) is 6.41. The average molecular weight is 198 g/mol. The summed E-state index contributed by atoms with van der Waals surface area (Å²) >= 11 is 0. The van der Waals surface area contributed by atoms with Gasteiger partial charge in [0.15, 0.2) is 0 Å². The van der Waals surface area contributed by atoms with Gasteiger partial charge in [0, 0.05) is 19.1 Å². The largest absolute Gasteiger partial charge is 0.313 e. The topological polar surface area (TPSA) is 15.3 Å². The smallest absolute Gasteiger partial charge is 0.0166 e. The zero-order valence-electron chi connectivity index (χ0n) is 10.1. The van der Waals surface area contributed by atoms with Crippen molar-refractivity contribution in [3.8, 4) is 0 Å². The zero-order chi connectivity index (χ0) is 10.4. The van der Waals surface area contributed by atoms with Crippen LogP contribution in [0.15, 0.2) is 0 Å². The average Bonchev–Trinajstić information content (AvgIpc) is 2.56. The van der Waals surface area contributed by atoms with Crippen LogP contribution < -0.4 is 5.32 Å². The van der Waals surface area contributed by atoms with E-state index in [1.54, 1.807) is 0 Å². The molecule has 0 aliphatic heterocycles. The van der Waals surface area contributed by atoms with Crippen LogP contribution in [0.25, 0.3) is 0 Å². The van der Waals surface area contributed by atoms with Crippen molar-refractivity contribution in [3.05, 3.63) is 0 Å². The van der Waals surface area contributed by atoms with Crippen LogP contribution in [0.1, 0.15) is 39.5 Å². The molecule has 1 aliphatic carbocycles. The third kappa shape index (κ3) is 4.43. The zero-order valence-corrected chi connectivity index (χ0v) is 10.1. The van der Waals surface area contributed by atoms with E-state index in [-0.39, 0.29) is 0 Å². The highest BCUT2D eigenvalue weighted by Crippen LogP contribution is 2.25. The minimum absolute atomic E-state index is 0.631. The molecular formula is C12H26N2. The monoisotopic (exact) mass is 198 g/mol. The summed E-state index contributed by atoms with van der Waals surface area (Å²) in [5.41, 5.74) is 0. The Labute approximate surface area is 89.1 Å². The van der Waals surface area contributed by atoms with E-state index in [4.69, 9.17) is 0 Å². The van der Waals surface area contributed by atoms with E-state index in [9.17, 15) is 0 Å². The number of nitrogens with zero attached hydrogens (tertiary/aromatic N) is 1. The predicted molar refractivity (Wildman–Crippen MR) is 62.6 cm³/mol. The Balaban J connectivity index is 2.10. The molecule has 1 saturated carbocycles. The Morgan fingerprint density at radius 3 is 2.57 bits per heavy atom. The quantitative estimate of drug-likeness (QED) is 0.703. The first-order valence-electron chi connectivity index (χ1n) is 6.14. The molecule has 84 valence electrons. The highest BCUT2D eigenvalue weighted by Gasteiger charge is 2.17. The first-order valence-corrected chi connectivity index (χ1v) is 6.14. The molecule has 0 bridgehead atoms. The number of hydrogen-bond donors (Lipinski definition) is 1. The lowest BCUT2D eigenvalue weighted by molar-refractivity contribution is 0.255. The lowest BCUT2D eigenvalue weighted by atomic mass is 10.1. The van der Waals surface area contributed by atoms with Crippen molar-refractivity contribution in [1.29, 1.82) is 0 Å². The lowest BCUT2D eigenvalue weighted by Gasteiger charge is -2.24. The van der Waals surface area contributed by atoms with Crippen molar-refractivity contribution in [2.45, 2.75) is 45.6 Å². The van der Waals surface area contributed by atoms with Gasteiger partial charge in [0.25, 0.3) is 0 Å². The van der Waals surface area contributed by atoms with Gasteiger partial charge < -0.3 is 10.2 Å². The summed E-state index contributed by atoms with van der Waals surface area (Å²) in [4.78, 5) is 2.49. The number of nitrogens with one attached hydrogen (secondary N) is 1. The minimum Gasteiger partial charge on any atom is -0.313 e. The summed E-state index contributed by atoms with van der Waals surface area (Å²) < 4.78 is 0. The van der Waals surface area contributed by atoms with Crippen LogP contribution in [0, 0.1) is 5.92 Å². The summed E-state index contributed by atoms with van der Waals surface area (Å²) in [6.45, 7) is 8.01. The van der Waals surface area contributed by atoms with E-state index in [0.29, 0.717) is 6.04 Å². The van der Waals surface area contributed by atoms with Crippen molar-refractivity contribution >= 4 is 0 Å². The molecule has 2 heteroatoms. The van der Waals surface area contributed by atoms with Crippen LogP contribution in [0.5, 0.6) is 0 Å². The highest BCUT2D eigenvalue weighted by molar-refractivity contribution is 4.72. The lowest BCUT2D eigenvalue weighted by Crippen LogP contribution is -2.38. The summed E-state index contributed by atoms with van der Waals surface area (Å²) in [6, 6.07) is 0.631. The van der Waals surface area contributed by atoms with Gasteiger partial charge in [-0.2, -0.15) is 0 Å². The summed E-state index contributed by atoms with van der Waals surface area (Å²) in [5, 5.41) is 3.46. The van der Waals surface area contributed by atoms with E-state index in [2.05, 4.69) is 31.1 Å². The molecule has 2 nitrogen and oxygen atoms in total. The Morgan fingerprint density at radius 1 is 1.36 bits per heavy atom. The second-order valence-corrected chi connectivity index (χ2v) is 4.83. The summed E-state index contributed by atoms with van der Waals surface area (Å²) in [5.74, 6) is 0.980. The van der Waals surface area contributed by atoms with Crippen LogP contribution in [0.3, 0.4) is 0 Å². The molecule has 0 aromatic heterocycles. The molecule has 1 rings (SSSR count). The van der Waals surface area contributed by atoms with Gasteiger partial charge in [0.05, 0.1) is 0 Å². The van der Waals surface area contributed by atoms with Gasteiger partial charge in [0.2, 0.25) is 0 Å². The number of likely N-dealkylation sites (N-methyl/N-ethyl adjacent to an activating group) is 2. The van der Waals surface area contributed by atoms with Gasteiger partial charge in [-0.05, 0) is 39.3 Å². The fraction of sp³-hybridized carbons (Fsp3) is 1.00.